The molecule has 1 aliphatic carbocycles. The Labute approximate surface area is 245 Å². The van der Waals surface area contributed by atoms with Gasteiger partial charge in [0, 0.05) is 43.7 Å². The van der Waals surface area contributed by atoms with Gasteiger partial charge in [0.1, 0.15) is 17.9 Å². The molecule has 9 heteroatoms. The third-order valence-corrected chi connectivity index (χ3v) is 9.25. The van der Waals surface area contributed by atoms with Crippen LogP contribution >= 0.6 is 0 Å². The molecule has 4 N–H and O–H groups in total. The molecule has 3 amide bonds. The second-order valence-electron chi connectivity index (χ2n) is 13.7. The summed E-state index contributed by atoms with van der Waals surface area (Å²) in [6, 6.07) is 4.86. The van der Waals surface area contributed by atoms with E-state index in [2.05, 4.69) is 21.3 Å². The van der Waals surface area contributed by atoms with Crippen molar-refractivity contribution in [2.24, 2.45) is 11.3 Å². The van der Waals surface area contributed by atoms with Gasteiger partial charge in [-0.25, -0.2) is 4.39 Å². The lowest BCUT2D eigenvalue weighted by molar-refractivity contribution is -0.147. The molecular weight excluding hydrogens is 521 g/mol. The Morgan fingerprint density at radius 3 is 2.29 bits per heavy atom. The highest BCUT2D eigenvalue weighted by atomic mass is 19.1. The summed E-state index contributed by atoms with van der Waals surface area (Å²) in [7, 11) is 0. The Morgan fingerprint density at radius 2 is 1.68 bits per heavy atom. The summed E-state index contributed by atoms with van der Waals surface area (Å²) in [5.74, 6) is -0.293. The summed E-state index contributed by atoms with van der Waals surface area (Å²) < 4.78 is 13.6. The van der Waals surface area contributed by atoms with E-state index in [1.165, 1.54) is 18.6 Å². The van der Waals surface area contributed by atoms with E-state index < -0.39 is 17.5 Å². The lowest BCUT2D eigenvalue weighted by atomic mass is 9.63. The van der Waals surface area contributed by atoms with Crippen LogP contribution in [0.25, 0.3) is 0 Å². The summed E-state index contributed by atoms with van der Waals surface area (Å²) in [6.45, 7) is 11.7. The Balaban J connectivity index is 1.51. The SMILES string of the molecule is CC1CNC(C)C(C(=O)N[C@H](Cc2ccc(F)cc2)C(=O)N2CCC(C(=O)NC(C)(C)C)(C3CCCCC3)CC2)N1. The smallest absolute Gasteiger partial charge is 0.245 e. The van der Waals surface area contributed by atoms with Crippen molar-refractivity contribution >= 4 is 17.7 Å². The number of hydrogen-bond acceptors (Lipinski definition) is 5. The van der Waals surface area contributed by atoms with Crippen LogP contribution in [0.15, 0.2) is 24.3 Å². The van der Waals surface area contributed by atoms with Crippen LogP contribution in [0, 0.1) is 17.2 Å². The molecular formula is C32H50FN5O3. The monoisotopic (exact) mass is 571 g/mol. The number of rotatable bonds is 7. The molecule has 2 heterocycles. The normalized spacial score (nSPS) is 26.2. The Bertz CT molecular complexity index is 1060. The summed E-state index contributed by atoms with van der Waals surface area (Å²) in [5.41, 5.74) is -0.0321. The van der Waals surface area contributed by atoms with E-state index in [-0.39, 0.29) is 47.6 Å². The molecule has 3 fully saturated rings. The van der Waals surface area contributed by atoms with Crippen molar-refractivity contribution in [3.05, 3.63) is 35.6 Å². The van der Waals surface area contributed by atoms with Crippen LogP contribution in [0.5, 0.6) is 0 Å². The van der Waals surface area contributed by atoms with Crippen molar-refractivity contribution in [3.63, 3.8) is 0 Å². The van der Waals surface area contributed by atoms with E-state index in [4.69, 9.17) is 0 Å². The molecule has 0 aromatic heterocycles. The predicted octanol–water partition coefficient (Wildman–Crippen LogP) is 3.30. The summed E-state index contributed by atoms with van der Waals surface area (Å²) in [6.07, 6.45) is 7.10. The minimum atomic E-state index is -0.787. The fourth-order valence-corrected chi connectivity index (χ4v) is 6.90. The van der Waals surface area contributed by atoms with Gasteiger partial charge in [-0.05, 0) is 83.9 Å². The number of nitrogens with one attached hydrogen (secondary N) is 4. The molecule has 3 unspecified atom stereocenters. The molecule has 0 radical (unpaired) electrons. The van der Waals surface area contributed by atoms with Gasteiger partial charge in [-0.1, -0.05) is 31.4 Å². The largest absolute Gasteiger partial charge is 0.351 e. The van der Waals surface area contributed by atoms with Crippen LogP contribution in [-0.4, -0.2) is 72.0 Å². The molecule has 2 aliphatic heterocycles. The van der Waals surface area contributed by atoms with Crippen LogP contribution in [0.4, 0.5) is 4.39 Å². The molecule has 3 aliphatic rings. The number of amides is 3. The first kappa shape index (κ1) is 31.4. The maximum absolute atomic E-state index is 14.0. The van der Waals surface area contributed by atoms with Gasteiger partial charge in [0.05, 0.1) is 5.41 Å². The van der Waals surface area contributed by atoms with Gasteiger partial charge in [0.2, 0.25) is 17.7 Å². The van der Waals surface area contributed by atoms with Gasteiger partial charge < -0.3 is 26.2 Å². The standard InChI is InChI=1S/C32H50FN5O3/c1-21-20-34-22(2)27(35-21)28(39)36-26(19-23-11-13-25(33)14-12-23)29(40)38-17-15-32(16-18-38,24-9-7-6-8-10-24)30(41)37-31(3,4)5/h11-14,21-22,24,26-27,34-35H,6-10,15-20H2,1-5H3,(H,36,39)(H,37,41)/t21?,22?,26-,27?/m1/s1. The fourth-order valence-electron chi connectivity index (χ4n) is 6.90. The second-order valence-corrected chi connectivity index (χ2v) is 13.7. The van der Waals surface area contributed by atoms with Crippen LogP contribution in [0.3, 0.4) is 0 Å². The van der Waals surface area contributed by atoms with E-state index in [0.29, 0.717) is 31.8 Å². The fraction of sp³-hybridized carbons (Fsp3) is 0.719. The second kappa shape index (κ2) is 13.2. The van der Waals surface area contributed by atoms with E-state index in [9.17, 15) is 18.8 Å². The number of carbonyl (C=O) groups is 3. The van der Waals surface area contributed by atoms with Gasteiger partial charge in [-0.3, -0.25) is 14.4 Å². The number of nitrogens with zero attached hydrogens (tertiary/aromatic N) is 1. The molecule has 228 valence electrons. The quantitative estimate of drug-likeness (QED) is 0.402. The van der Waals surface area contributed by atoms with E-state index >= 15 is 0 Å². The lowest BCUT2D eigenvalue weighted by Gasteiger charge is -2.48. The van der Waals surface area contributed by atoms with Crippen molar-refractivity contribution < 1.29 is 18.8 Å². The molecule has 4 atom stereocenters. The molecule has 1 aromatic rings. The van der Waals surface area contributed by atoms with Crippen LogP contribution < -0.4 is 21.3 Å². The van der Waals surface area contributed by atoms with Crippen LogP contribution in [0.2, 0.25) is 0 Å². The van der Waals surface area contributed by atoms with Gasteiger partial charge in [0.15, 0.2) is 0 Å². The number of piperazine rings is 1. The van der Waals surface area contributed by atoms with Gasteiger partial charge in [-0.2, -0.15) is 0 Å². The van der Waals surface area contributed by atoms with Crippen LogP contribution in [-0.2, 0) is 20.8 Å². The molecule has 8 nitrogen and oxygen atoms in total. The zero-order valence-electron chi connectivity index (χ0n) is 25.5. The van der Waals surface area contributed by atoms with Crippen molar-refractivity contribution in [3.8, 4) is 0 Å². The van der Waals surface area contributed by atoms with Gasteiger partial charge >= 0.3 is 0 Å². The predicted molar refractivity (Wildman–Crippen MR) is 159 cm³/mol. The van der Waals surface area contributed by atoms with Crippen molar-refractivity contribution in [1.29, 1.82) is 0 Å². The Kier molecular flexibility index (Phi) is 10.1. The number of piperidine rings is 1. The molecule has 0 spiro atoms. The number of carbonyl (C=O) groups excluding carboxylic acids is 3. The molecule has 4 rings (SSSR count). The first-order chi connectivity index (χ1) is 19.4. The lowest BCUT2D eigenvalue weighted by Crippen LogP contribution is -2.66. The van der Waals surface area contributed by atoms with Crippen molar-refractivity contribution in [1.82, 2.24) is 26.2 Å². The maximum Gasteiger partial charge on any atom is 0.245 e. The van der Waals surface area contributed by atoms with Gasteiger partial charge in [-0.15, -0.1) is 0 Å². The topological polar surface area (TPSA) is 103 Å². The molecule has 1 aromatic carbocycles. The number of hydrogen-bond donors (Lipinski definition) is 4. The molecule has 1 saturated carbocycles. The third kappa shape index (κ3) is 7.86. The van der Waals surface area contributed by atoms with Crippen molar-refractivity contribution in [2.75, 3.05) is 19.6 Å². The van der Waals surface area contributed by atoms with Crippen LogP contribution in [0.1, 0.15) is 85.1 Å². The third-order valence-electron chi connectivity index (χ3n) is 9.25. The van der Waals surface area contributed by atoms with Gasteiger partial charge in [0.25, 0.3) is 0 Å². The zero-order chi connectivity index (χ0) is 29.8. The summed E-state index contributed by atoms with van der Waals surface area (Å²) in [4.78, 5) is 43.0. The minimum absolute atomic E-state index is 0.0831. The molecule has 41 heavy (non-hydrogen) atoms. The maximum atomic E-state index is 14.0. The van der Waals surface area contributed by atoms with Crippen molar-refractivity contribution in [2.45, 2.75) is 116 Å². The highest BCUT2D eigenvalue weighted by Crippen LogP contribution is 2.46. The zero-order valence-corrected chi connectivity index (χ0v) is 25.5. The van der Waals surface area contributed by atoms with E-state index in [1.807, 2.05) is 39.5 Å². The molecule has 0 bridgehead atoms. The van der Waals surface area contributed by atoms with E-state index in [1.54, 1.807) is 12.1 Å². The number of benzene rings is 1. The summed E-state index contributed by atoms with van der Waals surface area (Å²) in [5, 5.41) is 13.0. The molecule has 2 saturated heterocycles. The number of likely N-dealkylation sites (tertiary alicyclic amines) is 1. The highest BCUT2D eigenvalue weighted by molar-refractivity contribution is 5.91. The Morgan fingerprint density at radius 1 is 1.05 bits per heavy atom. The average Bonchev–Trinajstić information content (AvgIpc) is 2.94. The van der Waals surface area contributed by atoms with E-state index in [0.717, 1.165) is 37.8 Å². The first-order valence-electron chi connectivity index (χ1n) is 15.5. The highest BCUT2D eigenvalue weighted by Gasteiger charge is 2.49. The number of halogens is 1. The average molecular weight is 572 g/mol. The first-order valence-corrected chi connectivity index (χ1v) is 15.5. The Hall–Kier alpha value is -2.52. The summed E-state index contributed by atoms with van der Waals surface area (Å²) >= 11 is 0. The minimum Gasteiger partial charge on any atom is -0.351 e.